The normalized spacial score (nSPS) is 30.7. The molecule has 2 saturated heterocycles. The van der Waals surface area contributed by atoms with Gasteiger partial charge in [-0.2, -0.15) is 0 Å². The van der Waals surface area contributed by atoms with E-state index in [1.54, 1.807) is 4.90 Å². The van der Waals surface area contributed by atoms with E-state index in [1.807, 2.05) is 0 Å². The summed E-state index contributed by atoms with van der Waals surface area (Å²) in [6, 6.07) is -0.403. The molecule has 0 saturated carbocycles. The summed E-state index contributed by atoms with van der Waals surface area (Å²) in [6.07, 6.45) is 2.83. The Kier molecular flexibility index (Phi) is 2.90. The van der Waals surface area contributed by atoms with E-state index in [4.69, 9.17) is 5.11 Å². The van der Waals surface area contributed by atoms with Crippen LogP contribution in [0.5, 0.6) is 0 Å². The summed E-state index contributed by atoms with van der Waals surface area (Å²) in [6.45, 7) is 0.725. The minimum Gasteiger partial charge on any atom is -0.394 e. The quantitative estimate of drug-likeness (QED) is 0.632. The highest BCUT2D eigenvalue weighted by Gasteiger charge is 2.35. The van der Waals surface area contributed by atoms with Gasteiger partial charge in [-0.15, -0.1) is 0 Å². The van der Waals surface area contributed by atoms with Gasteiger partial charge in [0.15, 0.2) is 0 Å². The molecule has 0 aromatic carbocycles. The van der Waals surface area contributed by atoms with E-state index in [0.717, 1.165) is 12.8 Å². The summed E-state index contributed by atoms with van der Waals surface area (Å²) >= 11 is 0. The van der Waals surface area contributed by atoms with Gasteiger partial charge in [0.25, 0.3) is 0 Å². The first-order valence-corrected chi connectivity index (χ1v) is 5.43. The van der Waals surface area contributed by atoms with Crippen LogP contribution in [0.15, 0.2) is 0 Å². The van der Waals surface area contributed by atoms with Crippen molar-refractivity contribution in [1.82, 2.24) is 10.2 Å². The fraction of sp³-hybridized carbons (Fsp3) is 0.800. The molecule has 0 aliphatic carbocycles. The molecule has 2 rings (SSSR count). The van der Waals surface area contributed by atoms with Crippen molar-refractivity contribution in [2.45, 2.75) is 37.8 Å². The van der Waals surface area contributed by atoms with Crippen molar-refractivity contribution in [2.75, 3.05) is 13.2 Å². The highest BCUT2D eigenvalue weighted by Crippen LogP contribution is 2.20. The third-order valence-corrected chi connectivity index (χ3v) is 3.16. The number of amides is 2. The van der Waals surface area contributed by atoms with Crippen molar-refractivity contribution in [3.63, 3.8) is 0 Å². The number of hydrogen-bond acceptors (Lipinski definition) is 3. The summed E-state index contributed by atoms with van der Waals surface area (Å²) in [5, 5.41) is 11.8. The Morgan fingerprint density at radius 2 is 2.33 bits per heavy atom. The third-order valence-electron chi connectivity index (χ3n) is 3.16. The fourth-order valence-corrected chi connectivity index (χ4v) is 2.32. The Bertz CT molecular complexity index is 280. The van der Waals surface area contributed by atoms with Gasteiger partial charge in [0.05, 0.1) is 12.6 Å². The highest BCUT2D eigenvalue weighted by molar-refractivity contribution is 5.91. The number of rotatable bonds is 2. The lowest BCUT2D eigenvalue weighted by Crippen LogP contribution is -2.47. The molecule has 0 aromatic heterocycles. The van der Waals surface area contributed by atoms with Crippen LogP contribution < -0.4 is 5.32 Å². The predicted octanol–water partition coefficient (Wildman–Crippen LogP) is -0.752. The van der Waals surface area contributed by atoms with Crippen LogP contribution in [0.2, 0.25) is 0 Å². The van der Waals surface area contributed by atoms with Gasteiger partial charge >= 0.3 is 0 Å². The van der Waals surface area contributed by atoms with Crippen LogP contribution in [0.1, 0.15) is 25.7 Å². The van der Waals surface area contributed by atoms with E-state index in [1.165, 1.54) is 0 Å². The maximum atomic E-state index is 12.0. The smallest absolute Gasteiger partial charge is 0.245 e. The van der Waals surface area contributed by atoms with Crippen molar-refractivity contribution < 1.29 is 14.7 Å². The van der Waals surface area contributed by atoms with Crippen molar-refractivity contribution in [3.8, 4) is 0 Å². The molecular weight excluding hydrogens is 196 g/mol. The first kappa shape index (κ1) is 10.4. The molecule has 0 bridgehead atoms. The number of hydrogen-bond donors (Lipinski definition) is 2. The van der Waals surface area contributed by atoms with Gasteiger partial charge in [-0.3, -0.25) is 9.59 Å². The molecule has 0 radical (unpaired) electrons. The first-order valence-electron chi connectivity index (χ1n) is 5.43. The largest absolute Gasteiger partial charge is 0.394 e. The van der Waals surface area contributed by atoms with E-state index < -0.39 is 0 Å². The second-order valence-corrected chi connectivity index (χ2v) is 4.17. The molecule has 2 atom stereocenters. The van der Waals surface area contributed by atoms with Crippen LogP contribution in [-0.4, -0.2) is 47.1 Å². The minimum absolute atomic E-state index is 0.0202. The van der Waals surface area contributed by atoms with Gasteiger partial charge in [0.1, 0.15) is 6.04 Å². The number of carbonyl (C=O) groups is 2. The molecule has 0 aromatic rings. The predicted molar refractivity (Wildman–Crippen MR) is 53.0 cm³/mol. The van der Waals surface area contributed by atoms with E-state index in [-0.39, 0.29) is 30.5 Å². The molecule has 5 nitrogen and oxygen atoms in total. The van der Waals surface area contributed by atoms with Crippen LogP contribution in [0.4, 0.5) is 0 Å². The topological polar surface area (TPSA) is 69.6 Å². The number of nitrogens with zero attached hydrogens (tertiary/aromatic N) is 1. The zero-order valence-corrected chi connectivity index (χ0v) is 8.61. The van der Waals surface area contributed by atoms with Gasteiger partial charge < -0.3 is 15.3 Å². The summed E-state index contributed by atoms with van der Waals surface area (Å²) < 4.78 is 0. The molecule has 0 spiro atoms. The molecule has 2 fully saturated rings. The Morgan fingerprint density at radius 1 is 1.53 bits per heavy atom. The van der Waals surface area contributed by atoms with E-state index in [0.29, 0.717) is 19.4 Å². The summed E-state index contributed by atoms with van der Waals surface area (Å²) in [4.78, 5) is 24.7. The number of likely N-dealkylation sites (tertiary alicyclic amines) is 1. The lowest BCUT2D eigenvalue weighted by Gasteiger charge is -2.25. The Hall–Kier alpha value is -1.10. The third kappa shape index (κ3) is 1.97. The van der Waals surface area contributed by atoms with Crippen LogP contribution in [0.25, 0.3) is 0 Å². The monoisotopic (exact) mass is 212 g/mol. The molecular formula is C10H16N2O3. The van der Waals surface area contributed by atoms with Gasteiger partial charge in [-0.25, -0.2) is 0 Å². The molecule has 2 aliphatic heterocycles. The van der Waals surface area contributed by atoms with Gasteiger partial charge in [0, 0.05) is 13.0 Å². The van der Waals surface area contributed by atoms with Gasteiger partial charge in [0.2, 0.25) is 11.8 Å². The fourth-order valence-electron chi connectivity index (χ4n) is 2.32. The second-order valence-electron chi connectivity index (χ2n) is 4.17. The zero-order valence-electron chi connectivity index (χ0n) is 8.61. The average Bonchev–Trinajstić information content (AvgIpc) is 2.84. The lowest BCUT2D eigenvalue weighted by molar-refractivity contribution is -0.135. The maximum absolute atomic E-state index is 12.0. The van der Waals surface area contributed by atoms with Crippen molar-refractivity contribution >= 4 is 11.8 Å². The van der Waals surface area contributed by atoms with Crippen LogP contribution >= 0.6 is 0 Å². The molecule has 2 N–H and O–H groups in total. The standard InChI is InChI=1S/C10H16N2O3/c13-6-7-2-1-5-12(7)10(15)8-3-4-9(14)11-8/h7-8,13H,1-6H2,(H,11,14)/t7-,8-/m1/s1. The van der Waals surface area contributed by atoms with Crippen molar-refractivity contribution in [2.24, 2.45) is 0 Å². The average molecular weight is 212 g/mol. The molecule has 2 amide bonds. The molecule has 2 aliphatic rings. The summed E-state index contributed by atoms with van der Waals surface area (Å²) in [7, 11) is 0. The molecule has 2 heterocycles. The molecule has 84 valence electrons. The Balaban J connectivity index is 1.98. The lowest BCUT2D eigenvalue weighted by atomic mass is 10.2. The zero-order chi connectivity index (χ0) is 10.8. The second kappa shape index (κ2) is 4.18. The van der Waals surface area contributed by atoms with Gasteiger partial charge in [-0.05, 0) is 19.3 Å². The minimum atomic E-state index is -0.357. The van der Waals surface area contributed by atoms with Crippen LogP contribution in [-0.2, 0) is 9.59 Å². The Morgan fingerprint density at radius 3 is 2.93 bits per heavy atom. The molecule has 0 unspecified atom stereocenters. The van der Waals surface area contributed by atoms with E-state index in [9.17, 15) is 9.59 Å². The first-order chi connectivity index (χ1) is 7.22. The SMILES string of the molecule is O=C1CC[C@H](C(=O)N2CCC[C@@H]2CO)N1. The number of aliphatic hydroxyl groups is 1. The highest BCUT2D eigenvalue weighted by atomic mass is 16.3. The van der Waals surface area contributed by atoms with Gasteiger partial charge in [-0.1, -0.05) is 0 Å². The number of aliphatic hydroxyl groups excluding tert-OH is 1. The van der Waals surface area contributed by atoms with Crippen LogP contribution in [0.3, 0.4) is 0 Å². The van der Waals surface area contributed by atoms with Crippen LogP contribution in [0, 0.1) is 0 Å². The summed E-state index contributed by atoms with van der Waals surface area (Å²) in [5.74, 6) is -0.0782. The summed E-state index contributed by atoms with van der Waals surface area (Å²) in [5.41, 5.74) is 0. The Labute approximate surface area is 88.4 Å². The van der Waals surface area contributed by atoms with Crippen molar-refractivity contribution in [1.29, 1.82) is 0 Å². The number of nitrogens with one attached hydrogen (secondary N) is 1. The van der Waals surface area contributed by atoms with E-state index >= 15 is 0 Å². The van der Waals surface area contributed by atoms with Crippen molar-refractivity contribution in [3.05, 3.63) is 0 Å². The molecule has 15 heavy (non-hydrogen) atoms. The maximum Gasteiger partial charge on any atom is 0.245 e. The number of carbonyl (C=O) groups excluding carboxylic acids is 2. The molecule has 5 heteroatoms. The van der Waals surface area contributed by atoms with E-state index in [2.05, 4.69) is 5.32 Å².